The van der Waals surface area contributed by atoms with Gasteiger partial charge in [0.1, 0.15) is 6.61 Å². The third-order valence-electron chi connectivity index (χ3n) is 2.67. The molecule has 0 bridgehead atoms. The summed E-state index contributed by atoms with van der Waals surface area (Å²) in [4.78, 5) is 4.55. The number of benzene rings is 1. The molecule has 0 saturated heterocycles. The fourth-order valence-corrected chi connectivity index (χ4v) is 2.23. The molecule has 0 saturated carbocycles. The molecule has 0 spiro atoms. The number of ether oxygens (including phenoxy) is 3. The number of rotatable bonds is 3. The van der Waals surface area contributed by atoms with E-state index in [-0.39, 0.29) is 5.54 Å². The summed E-state index contributed by atoms with van der Waals surface area (Å²) in [6.45, 7) is 4.66. The van der Waals surface area contributed by atoms with Crippen molar-refractivity contribution >= 4 is 21.8 Å². The summed E-state index contributed by atoms with van der Waals surface area (Å²) in [5.74, 6) is 1.96. The Labute approximate surface area is 115 Å². The van der Waals surface area contributed by atoms with E-state index in [1.54, 1.807) is 14.2 Å². The van der Waals surface area contributed by atoms with Crippen LogP contribution in [0.2, 0.25) is 0 Å². The number of aliphatic imine (C=N–C) groups is 1. The fourth-order valence-electron chi connectivity index (χ4n) is 1.74. The summed E-state index contributed by atoms with van der Waals surface area (Å²) in [6.07, 6.45) is 0. The lowest BCUT2D eigenvalue weighted by molar-refractivity contribution is 0.279. The molecule has 18 heavy (non-hydrogen) atoms. The van der Waals surface area contributed by atoms with Gasteiger partial charge in [-0.25, -0.2) is 4.99 Å². The molecular formula is C13H16BrNO3. The zero-order valence-corrected chi connectivity index (χ0v) is 12.5. The van der Waals surface area contributed by atoms with Crippen molar-refractivity contribution in [1.82, 2.24) is 0 Å². The molecule has 1 heterocycles. The first-order valence-corrected chi connectivity index (χ1v) is 6.40. The van der Waals surface area contributed by atoms with E-state index in [2.05, 4.69) is 20.9 Å². The van der Waals surface area contributed by atoms with Gasteiger partial charge in [-0.3, -0.25) is 0 Å². The van der Waals surface area contributed by atoms with Gasteiger partial charge in [-0.2, -0.15) is 0 Å². The van der Waals surface area contributed by atoms with Crippen LogP contribution in [0.1, 0.15) is 19.4 Å². The SMILES string of the molecule is COc1cc(Br)c(C2=NC(C)(C)CO2)cc1OC. The third kappa shape index (κ3) is 2.46. The molecule has 98 valence electrons. The molecule has 0 aromatic heterocycles. The van der Waals surface area contributed by atoms with Crippen molar-refractivity contribution in [2.75, 3.05) is 20.8 Å². The summed E-state index contributed by atoms with van der Waals surface area (Å²) in [5.41, 5.74) is 0.695. The number of hydrogen-bond donors (Lipinski definition) is 0. The van der Waals surface area contributed by atoms with E-state index in [1.807, 2.05) is 26.0 Å². The zero-order valence-electron chi connectivity index (χ0n) is 10.9. The van der Waals surface area contributed by atoms with Crippen LogP contribution < -0.4 is 9.47 Å². The Morgan fingerprint density at radius 1 is 1.22 bits per heavy atom. The van der Waals surface area contributed by atoms with Gasteiger partial charge in [0.05, 0.1) is 25.3 Å². The number of nitrogens with zero attached hydrogens (tertiary/aromatic N) is 1. The highest BCUT2D eigenvalue weighted by Crippen LogP contribution is 2.35. The molecule has 0 unspecified atom stereocenters. The molecule has 1 aromatic rings. The van der Waals surface area contributed by atoms with Gasteiger partial charge in [0.25, 0.3) is 0 Å². The van der Waals surface area contributed by atoms with Crippen LogP contribution in [0.15, 0.2) is 21.6 Å². The molecule has 0 N–H and O–H groups in total. The lowest BCUT2D eigenvalue weighted by atomic mass is 10.1. The van der Waals surface area contributed by atoms with Crippen molar-refractivity contribution in [2.24, 2.45) is 4.99 Å². The van der Waals surface area contributed by atoms with Gasteiger partial charge < -0.3 is 14.2 Å². The molecule has 1 aromatic carbocycles. The maximum atomic E-state index is 5.63. The van der Waals surface area contributed by atoms with Crippen LogP contribution in [0, 0.1) is 0 Å². The first kappa shape index (κ1) is 13.2. The van der Waals surface area contributed by atoms with Crippen molar-refractivity contribution in [3.05, 3.63) is 22.2 Å². The largest absolute Gasteiger partial charge is 0.493 e. The zero-order chi connectivity index (χ0) is 13.3. The second-order valence-corrected chi connectivity index (χ2v) is 5.56. The van der Waals surface area contributed by atoms with Gasteiger partial charge >= 0.3 is 0 Å². The second-order valence-electron chi connectivity index (χ2n) is 4.71. The van der Waals surface area contributed by atoms with Gasteiger partial charge in [0.2, 0.25) is 5.90 Å². The summed E-state index contributed by atoms with van der Waals surface area (Å²) < 4.78 is 17.0. The van der Waals surface area contributed by atoms with Crippen LogP contribution >= 0.6 is 15.9 Å². The molecule has 0 radical (unpaired) electrons. The standard InChI is InChI=1S/C13H16BrNO3/c1-13(2)7-18-12(15-13)8-5-10(16-3)11(17-4)6-9(8)14/h5-6H,7H2,1-4H3. The number of hydrogen-bond acceptors (Lipinski definition) is 4. The lowest BCUT2D eigenvalue weighted by Crippen LogP contribution is -2.17. The first-order chi connectivity index (χ1) is 8.46. The molecule has 0 atom stereocenters. The molecule has 0 fully saturated rings. The predicted octanol–water partition coefficient (Wildman–Crippen LogP) is 3.02. The van der Waals surface area contributed by atoms with Crippen LogP contribution in [-0.4, -0.2) is 32.3 Å². The normalized spacial score (nSPS) is 17.1. The maximum Gasteiger partial charge on any atom is 0.218 e. The Balaban J connectivity index is 2.46. The third-order valence-corrected chi connectivity index (χ3v) is 3.33. The molecule has 1 aliphatic rings. The van der Waals surface area contributed by atoms with Gasteiger partial charge in [-0.15, -0.1) is 0 Å². The van der Waals surface area contributed by atoms with Gasteiger partial charge in [-0.1, -0.05) is 0 Å². The van der Waals surface area contributed by atoms with Crippen LogP contribution in [0.25, 0.3) is 0 Å². The Morgan fingerprint density at radius 3 is 2.33 bits per heavy atom. The minimum absolute atomic E-state index is 0.179. The Hall–Kier alpha value is -1.23. The van der Waals surface area contributed by atoms with E-state index in [0.29, 0.717) is 24.0 Å². The molecule has 2 rings (SSSR count). The lowest BCUT2D eigenvalue weighted by Gasteiger charge is -2.11. The maximum absolute atomic E-state index is 5.63. The van der Waals surface area contributed by atoms with Crippen LogP contribution in [-0.2, 0) is 4.74 Å². The average Bonchev–Trinajstić information content (AvgIpc) is 2.69. The van der Waals surface area contributed by atoms with Crippen molar-refractivity contribution in [3.63, 3.8) is 0 Å². The summed E-state index contributed by atoms with van der Waals surface area (Å²) in [5, 5.41) is 0. The monoisotopic (exact) mass is 313 g/mol. The summed E-state index contributed by atoms with van der Waals surface area (Å²) >= 11 is 3.50. The number of methoxy groups -OCH3 is 2. The topological polar surface area (TPSA) is 40.0 Å². The Bertz CT molecular complexity index is 497. The molecular weight excluding hydrogens is 298 g/mol. The van der Waals surface area contributed by atoms with Crippen molar-refractivity contribution in [1.29, 1.82) is 0 Å². The smallest absolute Gasteiger partial charge is 0.218 e. The van der Waals surface area contributed by atoms with Gasteiger partial charge in [0.15, 0.2) is 11.5 Å². The highest BCUT2D eigenvalue weighted by molar-refractivity contribution is 9.10. The van der Waals surface area contributed by atoms with E-state index >= 15 is 0 Å². The van der Waals surface area contributed by atoms with Gasteiger partial charge in [-0.05, 0) is 41.9 Å². The van der Waals surface area contributed by atoms with E-state index in [9.17, 15) is 0 Å². The minimum atomic E-state index is -0.179. The van der Waals surface area contributed by atoms with Crippen molar-refractivity contribution < 1.29 is 14.2 Å². The highest BCUT2D eigenvalue weighted by atomic mass is 79.9. The average molecular weight is 314 g/mol. The first-order valence-electron chi connectivity index (χ1n) is 5.61. The molecule has 1 aliphatic heterocycles. The number of halogens is 1. The minimum Gasteiger partial charge on any atom is -0.493 e. The predicted molar refractivity (Wildman–Crippen MR) is 73.8 cm³/mol. The van der Waals surface area contributed by atoms with E-state index in [0.717, 1.165) is 10.0 Å². The molecule has 4 nitrogen and oxygen atoms in total. The van der Waals surface area contributed by atoms with Crippen LogP contribution in [0.4, 0.5) is 0 Å². The molecule has 0 aliphatic carbocycles. The Morgan fingerprint density at radius 2 is 1.83 bits per heavy atom. The van der Waals surface area contributed by atoms with Gasteiger partial charge in [0, 0.05) is 4.47 Å². The van der Waals surface area contributed by atoms with E-state index in [1.165, 1.54) is 0 Å². The van der Waals surface area contributed by atoms with Crippen molar-refractivity contribution in [2.45, 2.75) is 19.4 Å². The van der Waals surface area contributed by atoms with Crippen LogP contribution in [0.3, 0.4) is 0 Å². The highest BCUT2D eigenvalue weighted by Gasteiger charge is 2.28. The van der Waals surface area contributed by atoms with Crippen molar-refractivity contribution in [3.8, 4) is 11.5 Å². The molecule has 0 amide bonds. The molecule has 5 heteroatoms. The Kier molecular flexibility index (Phi) is 3.52. The van der Waals surface area contributed by atoms with E-state index in [4.69, 9.17) is 14.2 Å². The van der Waals surface area contributed by atoms with E-state index < -0.39 is 0 Å². The van der Waals surface area contributed by atoms with Crippen LogP contribution in [0.5, 0.6) is 11.5 Å². The summed E-state index contributed by atoms with van der Waals surface area (Å²) in [6, 6.07) is 3.72. The second kappa shape index (κ2) is 4.80. The fraction of sp³-hybridized carbons (Fsp3) is 0.462. The quantitative estimate of drug-likeness (QED) is 0.861. The summed E-state index contributed by atoms with van der Waals surface area (Å²) in [7, 11) is 3.22.